The van der Waals surface area contributed by atoms with Gasteiger partial charge in [-0.25, -0.2) is 4.79 Å². The molecule has 1 amide bonds. The third-order valence-electron chi connectivity index (χ3n) is 3.36. The predicted octanol–water partition coefficient (Wildman–Crippen LogP) is 1.42. The van der Waals surface area contributed by atoms with Gasteiger partial charge in [-0.15, -0.1) is 0 Å². The van der Waals surface area contributed by atoms with Gasteiger partial charge in [0, 0.05) is 11.0 Å². The maximum Gasteiger partial charge on any atom is 0.410 e. The van der Waals surface area contributed by atoms with Crippen LogP contribution in [0.25, 0.3) is 10.4 Å². The van der Waals surface area contributed by atoms with Crippen LogP contribution in [-0.4, -0.2) is 47.4 Å². The number of carbonyl (C=O) groups is 1. The Kier molecular flexibility index (Phi) is 3.71. The number of hydrogen-bond donors (Lipinski definition) is 1. The molecule has 1 heterocycles. The van der Waals surface area contributed by atoms with Gasteiger partial charge in [-0.2, -0.15) is 0 Å². The highest BCUT2D eigenvalue weighted by Gasteiger charge is 2.36. The van der Waals surface area contributed by atoms with Crippen molar-refractivity contribution in [2.45, 2.75) is 43.9 Å². The van der Waals surface area contributed by atoms with Crippen LogP contribution in [0, 0.1) is 0 Å². The Balaban J connectivity index is 1.89. The Hall–Kier alpha value is -1.46. The van der Waals surface area contributed by atoms with E-state index in [1.54, 1.807) is 4.90 Å². The van der Waals surface area contributed by atoms with Gasteiger partial charge in [0.05, 0.1) is 19.2 Å². The van der Waals surface area contributed by atoms with Gasteiger partial charge < -0.3 is 14.7 Å². The van der Waals surface area contributed by atoms with E-state index < -0.39 is 0 Å². The summed E-state index contributed by atoms with van der Waals surface area (Å²) in [5.74, 6) is 0. The molecule has 2 aliphatic rings. The number of carbonyl (C=O) groups excluding carboxylic acids is 1. The number of amides is 1. The molecule has 1 unspecified atom stereocenters. The fourth-order valence-electron chi connectivity index (χ4n) is 2.43. The van der Waals surface area contributed by atoms with E-state index in [1.165, 1.54) is 0 Å². The molecule has 1 saturated heterocycles. The van der Waals surface area contributed by atoms with Crippen molar-refractivity contribution in [1.82, 2.24) is 4.90 Å². The minimum absolute atomic E-state index is 0.155. The molecule has 7 nitrogen and oxygen atoms in total. The topological polar surface area (TPSA) is 98.5 Å². The molecular formula is C10H16N4O3. The quantitative estimate of drug-likeness (QED) is 0.458. The lowest BCUT2D eigenvalue weighted by Crippen LogP contribution is -2.40. The number of azide groups is 1. The van der Waals surface area contributed by atoms with E-state index in [-0.39, 0.29) is 30.9 Å². The van der Waals surface area contributed by atoms with Crippen LogP contribution in [-0.2, 0) is 4.74 Å². The van der Waals surface area contributed by atoms with E-state index in [0.29, 0.717) is 6.54 Å². The summed E-state index contributed by atoms with van der Waals surface area (Å²) in [4.78, 5) is 16.0. The lowest BCUT2D eigenvalue weighted by molar-refractivity contribution is 0.0853. The first-order valence-corrected chi connectivity index (χ1v) is 5.87. The van der Waals surface area contributed by atoms with E-state index in [1.807, 2.05) is 0 Å². The number of aliphatic hydroxyl groups is 1. The van der Waals surface area contributed by atoms with Gasteiger partial charge in [0.25, 0.3) is 0 Å². The summed E-state index contributed by atoms with van der Waals surface area (Å²) in [6, 6.07) is 0.155. The first-order valence-electron chi connectivity index (χ1n) is 5.87. The predicted molar refractivity (Wildman–Crippen MR) is 59.3 cm³/mol. The van der Waals surface area contributed by atoms with E-state index in [9.17, 15) is 9.90 Å². The van der Waals surface area contributed by atoms with Crippen molar-refractivity contribution in [3.63, 3.8) is 0 Å². The first kappa shape index (κ1) is 12.0. The van der Waals surface area contributed by atoms with Crippen molar-refractivity contribution in [2.75, 3.05) is 13.1 Å². The Morgan fingerprint density at radius 3 is 2.82 bits per heavy atom. The highest BCUT2D eigenvalue weighted by molar-refractivity contribution is 5.70. The maximum absolute atomic E-state index is 11.6. The largest absolute Gasteiger partial charge is 0.444 e. The lowest BCUT2D eigenvalue weighted by atomic mass is 9.92. The molecule has 2 rings (SSSR count). The zero-order valence-electron chi connectivity index (χ0n) is 9.53. The Labute approximate surface area is 99.0 Å². The van der Waals surface area contributed by atoms with Gasteiger partial charge in [-0.1, -0.05) is 5.11 Å². The summed E-state index contributed by atoms with van der Waals surface area (Å²) in [6.07, 6.45) is 2.19. The minimum atomic E-state index is -0.329. The Morgan fingerprint density at radius 1 is 1.47 bits per heavy atom. The molecule has 0 aromatic heterocycles. The molecule has 1 aliphatic heterocycles. The Bertz CT molecular complexity index is 334. The number of hydrogen-bond acceptors (Lipinski definition) is 4. The molecule has 1 saturated carbocycles. The van der Waals surface area contributed by atoms with Crippen molar-refractivity contribution < 1.29 is 14.6 Å². The number of aliphatic hydroxyl groups excluding tert-OH is 1. The van der Waals surface area contributed by atoms with Crippen LogP contribution >= 0.6 is 0 Å². The second-order valence-corrected chi connectivity index (χ2v) is 4.53. The minimum Gasteiger partial charge on any atom is -0.444 e. The Morgan fingerprint density at radius 2 is 2.18 bits per heavy atom. The van der Waals surface area contributed by atoms with Crippen LogP contribution in [0.3, 0.4) is 0 Å². The summed E-state index contributed by atoms with van der Waals surface area (Å²) < 4.78 is 5.12. The van der Waals surface area contributed by atoms with Gasteiger partial charge in [-0.3, -0.25) is 0 Å². The second kappa shape index (κ2) is 5.25. The molecule has 2 fully saturated rings. The van der Waals surface area contributed by atoms with E-state index >= 15 is 0 Å². The number of rotatable bonds is 3. The highest BCUT2D eigenvalue weighted by Crippen LogP contribution is 2.26. The van der Waals surface area contributed by atoms with Crippen LogP contribution in [0.15, 0.2) is 5.11 Å². The van der Waals surface area contributed by atoms with Gasteiger partial charge in [0.2, 0.25) is 0 Å². The molecule has 7 heteroatoms. The zero-order chi connectivity index (χ0) is 12.3. The molecule has 0 bridgehead atoms. The molecule has 1 aliphatic carbocycles. The fourth-order valence-corrected chi connectivity index (χ4v) is 2.43. The summed E-state index contributed by atoms with van der Waals surface area (Å²) in [7, 11) is 0. The van der Waals surface area contributed by atoms with Gasteiger partial charge in [0.15, 0.2) is 0 Å². The number of ether oxygens (including phenoxy) is 1. The molecule has 0 aromatic carbocycles. The maximum atomic E-state index is 11.6. The van der Waals surface area contributed by atoms with Crippen LogP contribution in [0.1, 0.15) is 25.7 Å². The average molecular weight is 240 g/mol. The summed E-state index contributed by atoms with van der Waals surface area (Å²) >= 11 is 0. The fraction of sp³-hybridized carbons (Fsp3) is 0.900. The lowest BCUT2D eigenvalue weighted by Gasteiger charge is -2.31. The van der Waals surface area contributed by atoms with Crippen molar-refractivity contribution in [1.29, 1.82) is 0 Å². The molecule has 17 heavy (non-hydrogen) atoms. The van der Waals surface area contributed by atoms with E-state index in [4.69, 9.17) is 10.3 Å². The molecule has 0 spiro atoms. The smallest absolute Gasteiger partial charge is 0.410 e. The standard InChI is InChI=1S/C10H16N4O3/c11-13-12-5-9-6-14(10(16)17-9)7-1-3-8(15)4-2-7/h7-9,15H,1-6H2. The summed E-state index contributed by atoms with van der Waals surface area (Å²) in [5.41, 5.74) is 8.21. The number of nitrogens with zero attached hydrogens (tertiary/aromatic N) is 4. The number of cyclic esters (lactones) is 1. The van der Waals surface area contributed by atoms with E-state index in [2.05, 4.69) is 10.0 Å². The van der Waals surface area contributed by atoms with Crippen LogP contribution in [0.5, 0.6) is 0 Å². The van der Waals surface area contributed by atoms with Crippen molar-refractivity contribution in [3.05, 3.63) is 10.4 Å². The monoisotopic (exact) mass is 240 g/mol. The third-order valence-corrected chi connectivity index (χ3v) is 3.36. The normalized spacial score (nSPS) is 33.1. The van der Waals surface area contributed by atoms with Gasteiger partial charge in [-0.05, 0) is 31.2 Å². The van der Waals surface area contributed by atoms with Crippen molar-refractivity contribution in [2.24, 2.45) is 5.11 Å². The SMILES string of the molecule is [N-]=[N+]=NCC1CN(C2CCC(O)CC2)C(=O)O1. The van der Waals surface area contributed by atoms with Gasteiger partial charge >= 0.3 is 6.09 Å². The average Bonchev–Trinajstić information content (AvgIpc) is 2.69. The van der Waals surface area contributed by atoms with Crippen LogP contribution in [0.4, 0.5) is 4.79 Å². The molecule has 1 N–H and O–H groups in total. The highest BCUT2D eigenvalue weighted by atomic mass is 16.6. The molecule has 0 aromatic rings. The molecule has 1 atom stereocenters. The second-order valence-electron chi connectivity index (χ2n) is 4.53. The van der Waals surface area contributed by atoms with Gasteiger partial charge in [0.1, 0.15) is 6.10 Å². The van der Waals surface area contributed by atoms with E-state index in [0.717, 1.165) is 25.7 Å². The third kappa shape index (κ3) is 2.81. The van der Waals surface area contributed by atoms with Crippen LogP contribution < -0.4 is 0 Å². The summed E-state index contributed by atoms with van der Waals surface area (Å²) in [5, 5.41) is 12.8. The first-order chi connectivity index (χ1) is 8.20. The van der Waals surface area contributed by atoms with Crippen molar-refractivity contribution >= 4 is 6.09 Å². The molecular weight excluding hydrogens is 224 g/mol. The van der Waals surface area contributed by atoms with Crippen LogP contribution in [0.2, 0.25) is 0 Å². The van der Waals surface area contributed by atoms with Crippen molar-refractivity contribution in [3.8, 4) is 0 Å². The summed E-state index contributed by atoms with van der Waals surface area (Å²) in [6.45, 7) is 0.673. The zero-order valence-corrected chi connectivity index (χ0v) is 9.53. The molecule has 94 valence electrons. The molecule has 0 radical (unpaired) electrons.